The third kappa shape index (κ3) is 8.19. The Morgan fingerprint density at radius 1 is 1.15 bits per heavy atom. The van der Waals surface area contributed by atoms with Gasteiger partial charge in [0.25, 0.3) is 0 Å². The first-order valence-corrected chi connectivity index (χ1v) is 16.0. The number of likely N-dealkylation sites (N-methyl/N-ethyl adjacent to an activating group) is 1. The number of ether oxygens (including phenoxy) is 1. The molecule has 0 bridgehead atoms. The summed E-state index contributed by atoms with van der Waals surface area (Å²) in [6, 6.07) is 10.3. The van der Waals surface area contributed by atoms with E-state index in [1.165, 1.54) is 30.3 Å². The molecule has 1 aliphatic rings. The molecule has 4 atom stereocenters. The Hall–Kier alpha value is -3.40. The van der Waals surface area contributed by atoms with E-state index in [0.29, 0.717) is 6.42 Å². The molecule has 1 saturated heterocycles. The number of hydrogen-bond acceptors (Lipinski definition) is 7. The van der Waals surface area contributed by atoms with Crippen LogP contribution in [-0.2, 0) is 26.3 Å². The molecule has 3 N–H and O–H groups in total. The van der Waals surface area contributed by atoms with Crippen molar-refractivity contribution in [2.24, 2.45) is 5.41 Å². The van der Waals surface area contributed by atoms with Gasteiger partial charge in [0.15, 0.2) is 11.6 Å². The number of ketones is 1. The minimum Gasteiger partial charge on any atom is -0.366 e. The van der Waals surface area contributed by atoms with E-state index in [4.69, 9.17) is 27.9 Å². The van der Waals surface area contributed by atoms with Crippen molar-refractivity contribution in [3.63, 3.8) is 0 Å². The standard InChI is InChI=1S/C34H40Cl2F2N6O3/c1-32(2,3)15-26-34(18-39,23-11-10-20(35)14-25(23)37)28(22-8-7-9-24(36)29(22)38)30(41-26)31(46)42-27-12-13-44(43-27)19-33(4,5)47-17-21(45)16-40-6/h7-14,26,28,30,40-41H,15-17,19H2,1-6H3,(H,42,43,46)/t26-,28-,30+,34-/m0/s1. The van der Waals surface area contributed by atoms with Crippen LogP contribution in [0.5, 0.6) is 0 Å². The quantitative estimate of drug-likeness (QED) is 0.213. The van der Waals surface area contributed by atoms with Crippen molar-refractivity contribution in [3.05, 3.63) is 81.5 Å². The zero-order valence-electron chi connectivity index (χ0n) is 27.3. The van der Waals surface area contributed by atoms with Gasteiger partial charge in [-0.2, -0.15) is 10.4 Å². The largest absolute Gasteiger partial charge is 0.366 e. The number of nitrogens with one attached hydrogen (secondary N) is 3. The van der Waals surface area contributed by atoms with Crippen LogP contribution in [0, 0.1) is 28.4 Å². The minimum atomic E-state index is -1.75. The molecule has 1 aliphatic heterocycles. The second-order valence-corrected chi connectivity index (χ2v) is 14.5. The van der Waals surface area contributed by atoms with Crippen molar-refractivity contribution >= 4 is 40.7 Å². The number of halogens is 4. The summed E-state index contributed by atoms with van der Waals surface area (Å²) in [5, 5.41) is 24.3. The Balaban J connectivity index is 1.73. The molecule has 4 rings (SSSR count). The molecule has 1 amide bonds. The van der Waals surface area contributed by atoms with Crippen LogP contribution in [-0.4, -0.2) is 59.4 Å². The second kappa shape index (κ2) is 14.4. The third-order valence-electron chi connectivity index (χ3n) is 8.16. The number of amides is 1. The summed E-state index contributed by atoms with van der Waals surface area (Å²) >= 11 is 12.3. The normalized spacial score (nSPS) is 21.4. The predicted molar refractivity (Wildman–Crippen MR) is 177 cm³/mol. The number of nitrogens with zero attached hydrogens (tertiary/aromatic N) is 3. The smallest absolute Gasteiger partial charge is 0.243 e. The fraction of sp³-hybridized carbons (Fsp3) is 0.471. The first-order valence-electron chi connectivity index (χ1n) is 15.2. The van der Waals surface area contributed by atoms with E-state index in [-0.39, 0.29) is 57.9 Å². The fourth-order valence-corrected chi connectivity index (χ4v) is 6.58. The number of Topliss-reactive ketones (excluding diaryl/α,β-unsaturated/α-hetero) is 1. The number of anilines is 1. The van der Waals surface area contributed by atoms with Gasteiger partial charge in [-0.3, -0.25) is 14.3 Å². The number of carbonyl (C=O) groups is 2. The maximum Gasteiger partial charge on any atom is 0.243 e. The molecule has 2 heterocycles. The van der Waals surface area contributed by atoms with Crippen molar-refractivity contribution in [2.45, 2.75) is 76.6 Å². The van der Waals surface area contributed by atoms with Crippen molar-refractivity contribution in [1.82, 2.24) is 20.4 Å². The van der Waals surface area contributed by atoms with E-state index >= 15 is 8.78 Å². The predicted octanol–water partition coefficient (Wildman–Crippen LogP) is 6.01. The number of benzene rings is 2. The van der Waals surface area contributed by atoms with Crippen molar-refractivity contribution in [3.8, 4) is 6.07 Å². The Bertz CT molecular complexity index is 1670. The highest BCUT2D eigenvalue weighted by Gasteiger charge is 2.61. The minimum absolute atomic E-state index is 0.00490. The molecular weight excluding hydrogens is 649 g/mol. The summed E-state index contributed by atoms with van der Waals surface area (Å²) in [7, 11) is 1.68. The van der Waals surface area contributed by atoms with Crippen LogP contribution in [0.3, 0.4) is 0 Å². The van der Waals surface area contributed by atoms with Crippen molar-refractivity contribution in [1.29, 1.82) is 5.26 Å². The number of aromatic nitrogens is 2. The monoisotopic (exact) mass is 688 g/mol. The van der Waals surface area contributed by atoms with Crippen LogP contribution in [0.15, 0.2) is 48.7 Å². The van der Waals surface area contributed by atoms with E-state index < -0.39 is 46.6 Å². The van der Waals surface area contributed by atoms with Crippen LogP contribution in [0.25, 0.3) is 0 Å². The van der Waals surface area contributed by atoms with Gasteiger partial charge < -0.3 is 20.7 Å². The fourth-order valence-electron chi connectivity index (χ4n) is 6.24. The first-order chi connectivity index (χ1) is 22.0. The number of rotatable bonds is 12. The van der Waals surface area contributed by atoms with E-state index in [1.807, 2.05) is 34.6 Å². The molecular formula is C34H40Cl2F2N6O3. The van der Waals surface area contributed by atoms with Crippen LogP contribution >= 0.6 is 23.2 Å². The Labute approximate surface area is 283 Å². The summed E-state index contributed by atoms with van der Waals surface area (Å²) in [5.41, 5.74) is -2.90. The second-order valence-electron chi connectivity index (χ2n) is 13.7. The number of hydrogen-bond donors (Lipinski definition) is 3. The van der Waals surface area contributed by atoms with Crippen molar-refractivity contribution in [2.75, 3.05) is 25.5 Å². The van der Waals surface area contributed by atoms with Crippen LogP contribution in [0.2, 0.25) is 10.0 Å². The highest BCUT2D eigenvalue weighted by atomic mass is 35.5. The van der Waals surface area contributed by atoms with Gasteiger partial charge >= 0.3 is 0 Å². The molecule has 3 aromatic rings. The first kappa shape index (κ1) is 36.4. The zero-order chi connectivity index (χ0) is 34.7. The van der Waals surface area contributed by atoms with E-state index in [0.717, 1.165) is 6.07 Å². The zero-order valence-corrected chi connectivity index (χ0v) is 28.8. The van der Waals surface area contributed by atoms with E-state index in [1.54, 1.807) is 24.0 Å². The SMILES string of the molecule is CNCC(=O)COC(C)(C)Cn1ccc(NC(=O)[C@@H]2N[C@@H](CC(C)(C)C)[C@](C#N)(c3ccc(Cl)cc3F)[C@H]2c2cccc(Cl)c2F)n1. The van der Waals surface area contributed by atoms with Gasteiger partial charge in [0, 0.05) is 34.8 Å². The molecule has 2 aromatic carbocycles. The van der Waals surface area contributed by atoms with Gasteiger partial charge in [-0.15, -0.1) is 0 Å². The Kier molecular flexibility index (Phi) is 11.1. The van der Waals surface area contributed by atoms with Gasteiger partial charge in [0.2, 0.25) is 5.91 Å². The molecule has 0 radical (unpaired) electrons. The average molecular weight is 690 g/mol. The van der Waals surface area contributed by atoms with Gasteiger partial charge in [-0.05, 0) is 56.5 Å². The summed E-state index contributed by atoms with van der Waals surface area (Å²) in [5.74, 6) is -3.26. The van der Waals surface area contributed by atoms with Crippen LogP contribution < -0.4 is 16.0 Å². The van der Waals surface area contributed by atoms with Gasteiger partial charge in [0.1, 0.15) is 23.7 Å². The summed E-state index contributed by atoms with van der Waals surface area (Å²) in [6.45, 7) is 9.92. The molecule has 0 unspecified atom stereocenters. The highest BCUT2D eigenvalue weighted by molar-refractivity contribution is 6.31. The van der Waals surface area contributed by atoms with E-state index in [9.17, 15) is 14.9 Å². The van der Waals surface area contributed by atoms with Crippen LogP contribution in [0.4, 0.5) is 14.6 Å². The number of carbonyl (C=O) groups excluding carboxylic acids is 2. The Morgan fingerprint density at radius 2 is 1.87 bits per heavy atom. The lowest BCUT2D eigenvalue weighted by atomic mass is 9.62. The van der Waals surface area contributed by atoms with Crippen LogP contribution in [0.1, 0.15) is 58.1 Å². The number of nitriles is 1. The summed E-state index contributed by atoms with van der Waals surface area (Å²) < 4.78 is 39.1. The molecule has 9 nitrogen and oxygen atoms in total. The molecule has 0 saturated carbocycles. The maximum atomic E-state index is 15.9. The maximum absolute atomic E-state index is 15.9. The molecule has 1 aromatic heterocycles. The molecule has 13 heteroatoms. The van der Waals surface area contributed by atoms with Gasteiger partial charge in [-0.1, -0.05) is 62.2 Å². The molecule has 47 heavy (non-hydrogen) atoms. The summed E-state index contributed by atoms with van der Waals surface area (Å²) in [6.07, 6.45) is 1.99. The Morgan fingerprint density at radius 3 is 2.51 bits per heavy atom. The van der Waals surface area contributed by atoms with E-state index in [2.05, 4.69) is 27.1 Å². The topological polar surface area (TPSA) is 121 Å². The lowest BCUT2D eigenvalue weighted by Gasteiger charge is -2.37. The lowest BCUT2D eigenvalue weighted by Crippen LogP contribution is -2.45. The van der Waals surface area contributed by atoms with Gasteiger partial charge in [0.05, 0.1) is 35.8 Å². The molecule has 0 aliphatic carbocycles. The lowest BCUT2D eigenvalue weighted by molar-refractivity contribution is -0.129. The third-order valence-corrected chi connectivity index (χ3v) is 8.69. The average Bonchev–Trinajstić information content (AvgIpc) is 3.54. The summed E-state index contributed by atoms with van der Waals surface area (Å²) in [4.78, 5) is 26.1. The molecule has 252 valence electrons. The molecule has 0 spiro atoms. The molecule has 1 fully saturated rings. The van der Waals surface area contributed by atoms with Crippen molar-refractivity contribution < 1.29 is 23.1 Å². The highest BCUT2D eigenvalue weighted by Crippen LogP contribution is 2.52. The van der Waals surface area contributed by atoms with Gasteiger partial charge in [-0.25, -0.2) is 8.78 Å².